The zero-order valence-electron chi connectivity index (χ0n) is 13.9. The van der Waals surface area contributed by atoms with Crippen molar-refractivity contribution in [3.05, 3.63) is 57.5 Å². The van der Waals surface area contributed by atoms with Crippen LogP contribution in [0, 0.1) is 0 Å². The average Bonchev–Trinajstić information content (AvgIpc) is 3.00. The van der Waals surface area contributed by atoms with E-state index in [0.717, 1.165) is 6.54 Å². The van der Waals surface area contributed by atoms with E-state index in [2.05, 4.69) is 15.4 Å². The lowest BCUT2D eigenvalue weighted by Crippen LogP contribution is -2.19. The maximum atomic E-state index is 12.6. The Labute approximate surface area is 149 Å². The summed E-state index contributed by atoms with van der Waals surface area (Å²) in [7, 11) is 3.96. The molecule has 0 saturated heterocycles. The number of aromatic amines is 1. The summed E-state index contributed by atoms with van der Waals surface area (Å²) in [5.74, 6) is 0.0236. The number of fused-ring (bicyclic) bond motifs is 1. The number of halogens is 1. The van der Waals surface area contributed by atoms with Gasteiger partial charge in [0.25, 0.3) is 5.91 Å². The van der Waals surface area contributed by atoms with Crippen LogP contribution in [0.3, 0.4) is 0 Å². The van der Waals surface area contributed by atoms with Gasteiger partial charge in [-0.1, -0.05) is 11.6 Å². The third-order valence-corrected chi connectivity index (χ3v) is 3.94. The fourth-order valence-electron chi connectivity index (χ4n) is 2.45. The Morgan fingerprint density at radius 1 is 1.32 bits per heavy atom. The fraction of sp³-hybridized carbons (Fsp3) is 0.235. The Morgan fingerprint density at radius 2 is 2.12 bits per heavy atom. The molecule has 25 heavy (non-hydrogen) atoms. The molecule has 1 aromatic carbocycles. The van der Waals surface area contributed by atoms with Crippen molar-refractivity contribution in [2.24, 2.45) is 0 Å². The second-order valence-electron chi connectivity index (χ2n) is 5.96. The second kappa shape index (κ2) is 7.08. The summed E-state index contributed by atoms with van der Waals surface area (Å²) >= 11 is 6.02. The van der Waals surface area contributed by atoms with Gasteiger partial charge in [-0.15, -0.1) is 0 Å². The Hall–Kier alpha value is -2.64. The minimum absolute atomic E-state index is 0.254. The van der Waals surface area contributed by atoms with E-state index < -0.39 is 5.91 Å². The third-order valence-electron chi connectivity index (χ3n) is 3.71. The Morgan fingerprint density at radius 3 is 2.88 bits per heavy atom. The van der Waals surface area contributed by atoms with Gasteiger partial charge in [0, 0.05) is 40.8 Å². The molecule has 2 heterocycles. The molecule has 8 heteroatoms. The predicted octanol–water partition coefficient (Wildman–Crippen LogP) is 2.19. The van der Waals surface area contributed by atoms with Crippen LogP contribution in [-0.2, 0) is 6.54 Å². The van der Waals surface area contributed by atoms with E-state index >= 15 is 0 Å². The van der Waals surface area contributed by atoms with E-state index in [-0.39, 0.29) is 11.1 Å². The first-order valence-corrected chi connectivity index (χ1v) is 8.12. The number of carbonyl (C=O) groups is 1. The average molecular weight is 360 g/mol. The number of nitrogens with one attached hydrogen (secondary N) is 2. The second-order valence-corrected chi connectivity index (χ2v) is 6.40. The quantitative estimate of drug-likeness (QED) is 0.731. The Balaban J connectivity index is 1.85. The van der Waals surface area contributed by atoms with Crippen molar-refractivity contribution in [2.75, 3.05) is 26.0 Å². The van der Waals surface area contributed by atoms with Gasteiger partial charge in [0.1, 0.15) is 0 Å². The van der Waals surface area contributed by atoms with E-state index in [4.69, 9.17) is 11.6 Å². The molecule has 2 aromatic heterocycles. The van der Waals surface area contributed by atoms with Crippen LogP contribution in [0.1, 0.15) is 10.4 Å². The summed E-state index contributed by atoms with van der Waals surface area (Å²) in [4.78, 5) is 29.1. The molecule has 0 saturated carbocycles. The SMILES string of the molecule is CN(C)CCn1ccc(NC(=O)c2cc(=O)[nH]c3ccc(Cl)cc23)n1. The Kier molecular flexibility index (Phi) is 4.87. The van der Waals surface area contributed by atoms with Gasteiger partial charge in [0.05, 0.1) is 12.1 Å². The highest BCUT2D eigenvalue weighted by atomic mass is 35.5. The van der Waals surface area contributed by atoms with Crippen molar-refractivity contribution in [1.29, 1.82) is 0 Å². The van der Waals surface area contributed by atoms with Gasteiger partial charge in [0.15, 0.2) is 5.82 Å². The number of aromatic nitrogens is 3. The van der Waals surface area contributed by atoms with Crippen LogP contribution in [0.25, 0.3) is 10.9 Å². The molecular formula is C17H18ClN5O2. The summed E-state index contributed by atoms with van der Waals surface area (Å²) in [5, 5.41) is 8.11. The monoisotopic (exact) mass is 359 g/mol. The van der Waals surface area contributed by atoms with Gasteiger partial charge < -0.3 is 15.2 Å². The van der Waals surface area contributed by atoms with Gasteiger partial charge in [-0.2, -0.15) is 5.10 Å². The maximum Gasteiger partial charge on any atom is 0.257 e. The van der Waals surface area contributed by atoms with E-state index in [1.807, 2.05) is 19.0 Å². The number of rotatable bonds is 5. The van der Waals surface area contributed by atoms with Crippen molar-refractivity contribution in [3.63, 3.8) is 0 Å². The lowest BCUT2D eigenvalue weighted by Gasteiger charge is -2.09. The molecule has 0 aliphatic heterocycles. The molecule has 0 radical (unpaired) electrons. The largest absolute Gasteiger partial charge is 0.322 e. The highest BCUT2D eigenvalue weighted by Crippen LogP contribution is 2.21. The van der Waals surface area contributed by atoms with E-state index in [9.17, 15) is 9.59 Å². The van der Waals surface area contributed by atoms with Gasteiger partial charge in [-0.05, 0) is 32.3 Å². The summed E-state index contributed by atoms with van der Waals surface area (Å²) < 4.78 is 1.75. The number of benzene rings is 1. The van der Waals surface area contributed by atoms with E-state index in [1.54, 1.807) is 35.1 Å². The minimum Gasteiger partial charge on any atom is -0.322 e. The third kappa shape index (κ3) is 4.07. The molecule has 130 valence electrons. The standard InChI is InChI=1S/C17H18ClN5O2/c1-22(2)7-8-23-6-5-15(21-23)20-17(25)13-10-16(24)19-14-4-3-11(18)9-12(13)14/h3-6,9-10H,7-8H2,1-2H3,(H,19,24)(H,20,21,25). The minimum atomic E-state index is -0.406. The van der Waals surface area contributed by atoms with E-state index in [1.165, 1.54) is 6.07 Å². The molecule has 0 fully saturated rings. The van der Waals surface area contributed by atoms with Crippen LogP contribution in [-0.4, -0.2) is 46.2 Å². The van der Waals surface area contributed by atoms with Crippen molar-refractivity contribution >= 4 is 34.2 Å². The summed E-state index contributed by atoms with van der Waals surface area (Å²) in [6.45, 7) is 1.55. The first-order valence-electron chi connectivity index (χ1n) is 7.74. The fourth-order valence-corrected chi connectivity index (χ4v) is 2.62. The van der Waals surface area contributed by atoms with Crippen molar-refractivity contribution in [3.8, 4) is 0 Å². The molecular weight excluding hydrogens is 342 g/mol. The first-order chi connectivity index (χ1) is 11.9. The van der Waals surface area contributed by atoms with Crippen molar-refractivity contribution in [2.45, 2.75) is 6.54 Å². The van der Waals surface area contributed by atoms with Crippen LogP contribution in [0.15, 0.2) is 41.3 Å². The molecule has 3 aromatic rings. The predicted molar refractivity (Wildman–Crippen MR) is 98.3 cm³/mol. The molecule has 3 rings (SSSR count). The molecule has 0 aliphatic rings. The zero-order valence-corrected chi connectivity index (χ0v) is 14.7. The molecule has 0 bridgehead atoms. The summed E-state index contributed by atoms with van der Waals surface area (Å²) in [5.41, 5.74) is 0.458. The van der Waals surface area contributed by atoms with Gasteiger partial charge in [0.2, 0.25) is 5.56 Å². The lowest BCUT2D eigenvalue weighted by atomic mass is 10.1. The molecule has 7 nitrogen and oxygen atoms in total. The normalized spacial score (nSPS) is 11.2. The van der Waals surface area contributed by atoms with Crippen LogP contribution in [0.5, 0.6) is 0 Å². The summed E-state index contributed by atoms with van der Waals surface area (Å²) in [6.07, 6.45) is 1.80. The summed E-state index contributed by atoms with van der Waals surface area (Å²) in [6, 6.07) is 7.96. The van der Waals surface area contributed by atoms with Gasteiger partial charge >= 0.3 is 0 Å². The number of anilines is 1. The van der Waals surface area contributed by atoms with Crippen molar-refractivity contribution < 1.29 is 4.79 Å². The Bertz CT molecular complexity index is 977. The number of nitrogens with zero attached hydrogens (tertiary/aromatic N) is 3. The number of pyridine rings is 1. The molecule has 0 unspecified atom stereocenters. The highest BCUT2D eigenvalue weighted by Gasteiger charge is 2.14. The van der Waals surface area contributed by atoms with Crippen LogP contribution >= 0.6 is 11.6 Å². The molecule has 2 N–H and O–H groups in total. The lowest BCUT2D eigenvalue weighted by molar-refractivity contribution is 0.102. The number of likely N-dealkylation sites (N-methyl/N-ethyl adjacent to an activating group) is 1. The maximum absolute atomic E-state index is 12.6. The smallest absolute Gasteiger partial charge is 0.257 e. The molecule has 0 aliphatic carbocycles. The van der Waals surface area contributed by atoms with Crippen molar-refractivity contribution in [1.82, 2.24) is 19.7 Å². The number of carbonyl (C=O) groups excluding carboxylic acids is 1. The number of hydrogen-bond acceptors (Lipinski definition) is 4. The molecule has 1 amide bonds. The van der Waals surface area contributed by atoms with Gasteiger partial charge in [-0.3, -0.25) is 14.3 Å². The van der Waals surface area contributed by atoms with Crippen LogP contribution < -0.4 is 10.9 Å². The highest BCUT2D eigenvalue weighted by molar-refractivity contribution is 6.31. The number of H-pyrrole nitrogens is 1. The molecule has 0 atom stereocenters. The zero-order chi connectivity index (χ0) is 18.0. The number of amides is 1. The van der Waals surface area contributed by atoms with Gasteiger partial charge in [-0.25, -0.2) is 0 Å². The molecule has 0 spiro atoms. The number of hydrogen-bond donors (Lipinski definition) is 2. The van der Waals surface area contributed by atoms with Crippen LogP contribution in [0.4, 0.5) is 5.82 Å². The topological polar surface area (TPSA) is 83.0 Å². The first kappa shape index (κ1) is 17.2. The van der Waals surface area contributed by atoms with Crippen LogP contribution in [0.2, 0.25) is 5.02 Å². The van der Waals surface area contributed by atoms with E-state index in [0.29, 0.717) is 28.3 Å².